The van der Waals surface area contributed by atoms with Crippen molar-refractivity contribution in [1.29, 1.82) is 0 Å². The second-order valence-electron chi connectivity index (χ2n) is 5.12. The van der Waals surface area contributed by atoms with Crippen LogP contribution in [0.15, 0.2) is 40.9 Å². The molecule has 0 saturated carbocycles. The van der Waals surface area contributed by atoms with Crippen LogP contribution < -0.4 is 10.6 Å². The van der Waals surface area contributed by atoms with Gasteiger partial charge >= 0.3 is 0 Å². The summed E-state index contributed by atoms with van der Waals surface area (Å²) in [5.41, 5.74) is 4.81. The van der Waals surface area contributed by atoms with Crippen molar-refractivity contribution < 1.29 is 4.79 Å². The molecule has 0 aliphatic heterocycles. The Labute approximate surface area is 144 Å². The van der Waals surface area contributed by atoms with Gasteiger partial charge in [-0.2, -0.15) is 0 Å². The van der Waals surface area contributed by atoms with E-state index in [1.54, 1.807) is 12.1 Å². The topological polar surface area (TPSA) is 41.1 Å². The minimum Gasteiger partial charge on any atom is -0.332 e. The van der Waals surface area contributed by atoms with Crippen molar-refractivity contribution in [3.05, 3.63) is 63.1 Å². The van der Waals surface area contributed by atoms with E-state index in [1.807, 2.05) is 45.0 Å². The van der Waals surface area contributed by atoms with Crippen molar-refractivity contribution in [2.45, 2.75) is 20.8 Å². The highest BCUT2D eigenvalue weighted by atomic mass is 79.9. The second kappa shape index (κ2) is 7.03. The van der Waals surface area contributed by atoms with Gasteiger partial charge < -0.3 is 5.32 Å². The van der Waals surface area contributed by atoms with Gasteiger partial charge in [0.05, 0.1) is 0 Å². The summed E-state index contributed by atoms with van der Waals surface area (Å²) in [6.07, 6.45) is 0. The maximum atomic E-state index is 12.2. The highest BCUT2D eigenvalue weighted by Gasteiger charge is 2.10. The Hall–Kier alpha value is -1.72. The highest BCUT2D eigenvalue weighted by molar-refractivity contribution is 9.10. The minimum atomic E-state index is -0.233. The van der Waals surface area contributed by atoms with Gasteiger partial charge in [-0.25, -0.2) is 0 Å². The van der Waals surface area contributed by atoms with Crippen molar-refractivity contribution in [2.24, 2.45) is 0 Å². The maximum Gasteiger partial charge on any atom is 0.257 e. The van der Waals surface area contributed by atoms with Gasteiger partial charge in [-0.3, -0.25) is 10.1 Å². The minimum absolute atomic E-state index is 0.233. The average molecular weight is 377 g/mol. The van der Waals surface area contributed by atoms with Gasteiger partial charge in [-0.15, -0.1) is 0 Å². The summed E-state index contributed by atoms with van der Waals surface area (Å²) in [4.78, 5) is 12.2. The predicted molar refractivity (Wildman–Crippen MR) is 98.5 cm³/mol. The lowest BCUT2D eigenvalue weighted by molar-refractivity contribution is 0.0977. The smallest absolute Gasteiger partial charge is 0.257 e. The van der Waals surface area contributed by atoms with Gasteiger partial charge in [0.2, 0.25) is 0 Å². The molecular formula is C17H17BrN2OS. The van der Waals surface area contributed by atoms with Crippen LogP contribution in [0.2, 0.25) is 0 Å². The third kappa shape index (κ3) is 3.93. The van der Waals surface area contributed by atoms with Crippen LogP contribution >= 0.6 is 28.1 Å². The highest BCUT2D eigenvalue weighted by Crippen LogP contribution is 2.19. The van der Waals surface area contributed by atoms with Crippen LogP contribution in [0.5, 0.6) is 0 Å². The number of amides is 1. The SMILES string of the molecule is Cc1ccc(C(=O)NC(=S)Nc2cccc(C)c2C)cc1Br. The fourth-order valence-corrected chi connectivity index (χ4v) is 2.53. The molecule has 0 radical (unpaired) electrons. The number of thiocarbonyl (C=S) groups is 1. The zero-order valence-corrected chi connectivity index (χ0v) is 15.1. The molecule has 1 amide bonds. The second-order valence-corrected chi connectivity index (χ2v) is 6.38. The Morgan fingerprint density at radius 3 is 2.50 bits per heavy atom. The molecule has 5 heteroatoms. The molecule has 0 atom stereocenters. The van der Waals surface area contributed by atoms with Gasteiger partial charge in [0, 0.05) is 15.7 Å². The molecule has 0 spiro atoms. The van der Waals surface area contributed by atoms with E-state index in [9.17, 15) is 4.79 Å². The monoisotopic (exact) mass is 376 g/mol. The lowest BCUT2D eigenvalue weighted by Crippen LogP contribution is -2.34. The molecule has 2 aromatic carbocycles. The summed E-state index contributed by atoms with van der Waals surface area (Å²) in [5.74, 6) is -0.233. The van der Waals surface area contributed by atoms with Crippen molar-refractivity contribution >= 4 is 44.9 Å². The van der Waals surface area contributed by atoms with Gasteiger partial charge in [-0.1, -0.05) is 34.1 Å². The van der Waals surface area contributed by atoms with Crippen LogP contribution in [0.4, 0.5) is 5.69 Å². The number of benzene rings is 2. The Morgan fingerprint density at radius 2 is 1.82 bits per heavy atom. The van der Waals surface area contributed by atoms with E-state index < -0.39 is 0 Å². The first-order valence-corrected chi connectivity index (χ1v) is 8.03. The fraction of sp³-hybridized carbons (Fsp3) is 0.176. The molecule has 0 aliphatic rings. The van der Waals surface area contributed by atoms with E-state index in [-0.39, 0.29) is 11.0 Å². The molecule has 2 N–H and O–H groups in total. The number of rotatable bonds is 2. The van der Waals surface area contributed by atoms with Crippen molar-refractivity contribution in [3.63, 3.8) is 0 Å². The standard InChI is InChI=1S/C17H17BrN2OS/c1-10-5-4-6-15(12(10)3)19-17(22)20-16(21)13-8-7-11(2)14(18)9-13/h4-9H,1-3H3,(H2,19,20,21,22). The van der Waals surface area contributed by atoms with Gasteiger partial charge in [-0.05, 0) is 67.9 Å². The molecule has 0 aromatic heterocycles. The zero-order valence-electron chi connectivity index (χ0n) is 12.7. The first-order valence-electron chi connectivity index (χ1n) is 6.83. The van der Waals surface area contributed by atoms with E-state index in [1.165, 1.54) is 5.56 Å². The molecule has 0 fully saturated rings. The lowest BCUT2D eigenvalue weighted by atomic mass is 10.1. The summed E-state index contributed by atoms with van der Waals surface area (Å²) in [7, 11) is 0. The molecule has 2 aromatic rings. The van der Waals surface area contributed by atoms with Gasteiger partial charge in [0.25, 0.3) is 5.91 Å². The van der Waals surface area contributed by atoms with Gasteiger partial charge in [0.1, 0.15) is 0 Å². The molecular weight excluding hydrogens is 360 g/mol. The summed E-state index contributed by atoms with van der Waals surface area (Å²) in [5, 5.41) is 6.05. The zero-order chi connectivity index (χ0) is 16.3. The van der Waals surface area contributed by atoms with Gasteiger partial charge in [0.15, 0.2) is 5.11 Å². The molecule has 0 heterocycles. The third-order valence-corrected chi connectivity index (χ3v) is 4.57. The summed E-state index contributed by atoms with van der Waals surface area (Å²) >= 11 is 8.64. The van der Waals surface area contributed by atoms with Crippen molar-refractivity contribution in [2.75, 3.05) is 5.32 Å². The van der Waals surface area contributed by atoms with Crippen LogP contribution in [0.1, 0.15) is 27.0 Å². The molecule has 2 rings (SSSR count). The fourth-order valence-electron chi connectivity index (χ4n) is 1.95. The lowest BCUT2D eigenvalue weighted by Gasteiger charge is -2.13. The molecule has 0 bridgehead atoms. The van der Waals surface area contributed by atoms with E-state index in [2.05, 4.69) is 26.6 Å². The Balaban J connectivity index is 2.07. The van der Waals surface area contributed by atoms with Crippen LogP contribution in [-0.4, -0.2) is 11.0 Å². The molecule has 0 saturated heterocycles. The Kier molecular flexibility index (Phi) is 5.32. The van der Waals surface area contributed by atoms with Crippen LogP contribution in [-0.2, 0) is 0 Å². The van der Waals surface area contributed by atoms with Crippen molar-refractivity contribution in [3.8, 4) is 0 Å². The largest absolute Gasteiger partial charge is 0.332 e. The molecule has 0 unspecified atom stereocenters. The maximum absolute atomic E-state index is 12.2. The van der Waals surface area contributed by atoms with Crippen LogP contribution in [0.25, 0.3) is 0 Å². The number of carbonyl (C=O) groups is 1. The number of hydrogen-bond donors (Lipinski definition) is 2. The van der Waals surface area contributed by atoms with E-state index >= 15 is 0 Å². The number of anilines is 1. The number of carbonyl (C=O) groups excluding carboxylic acids is 1. The Morgan fingerprint density at radius 1 is 1.09 bits per heavy atom. The number of nitrogens with one attached hydrogen (secondary N) is 2. The quantitative estimate of drug-likeness (QED) is 0.758. The first kappa shape index (κ1) is 16.6. The van der Waals surface area contributed by atoms with Crippen molar-refractivity contribution in [1.82, 2.24) is 5.32 Å². The van der Waals surface area contributed by atoms with E-state index in [4.69, 9.17) is 12.2 Å². The number of halogens is 1. The van der Waals surface area contributed by atoms with Crippen LogP contribution in [0.3, 0.4) is 0 Å². The summed E-state index contributed by atoms with van der Waals surface area (Å²) in [6.45, 7) is 6.02. The summed E-state index contributed by atoms with van der Waals surface area (Å²) in [6, 6.07) is 11.4. The molecule has 3 nitrogen and oxygen atoms in total. The number of hydrogen-bond acceptors (Lipinski definition) is 2. The normalized spacial score (nSPS) is 10.2. The summed E-state index contributed by atoms with van der Waals surface area (Å²) < 4.78 is 0.897. The van der Waals surface area contributed by atoms with Crippen LogP contribution in [0, 0.1) is 20.8 Å². The molecule has 22 heavy (non-hydrogen) atoms. The number of aryl methyl sites for hydroxylation is 2. The Bertz CT molecular complexity index is 743. The first-order chi connectivity index (χ1) is 10.4. The van der Waals surface area contributed by atoms with E-state index in [0.717, 1.165) is 21.3 Å². The van der Waals surface area contributed by atoms with E-state index in [0.29, 0.717) is 5.56 Å². The molecule has 0 aliphatic carbocycles. The predicted octanol–water partition coefficient (Wildman–Crippen LogP) is 4.50. The third-order valence-electron chi connectivity index (χ3n) is 3.51. The average Bonchev–Trinajstić information content (AvgIpc) is 2.46. The molecule has 114 valence electrons.